The molecule has 3 heteroatoms. The Morgan fingerprint density at radius 3 is 2.38 bits per heavy atom. The third-order valence-electron chi connectivity index (χ3n) is 2.61. The molecule has 0 saturated heterocycles. The van der Waals surface area contributed by atoms with Gasteiger partial charge in [-0.05, 0) is 30.7 Å². The number of hydrogen-bond donors (Lipinski definition) is 1. The fourth-order valence-corrected chi connectivity index (χ4v) is 2.02. The van der Waals surface area contributed by atoms with E-state index in [9.17, 15) is 4.79 Å². The number of hydrogen-bond acceptors (Lipinski definition) is 2. The number of nitrogens with zero attached hydrogens (tertiary/aromatic N) is 1. The van der Waals surface area contributed by atoms with Crippen LogP contribution in [0.3, 0.4) is 0 Å². The highest BCUT2D eigenvalue weighted by molar-refractivity contribution is 5.76. The molecule has 0 aliphatic rings. The summed E-state index contributed by atoms with van der Waals surface area (Å²) in [5.74, 6) is 0.693. The second-order valence-corrected chi connectivity index (χ2v) is 6.03. The average molecular weight is 228 g/mol. The van der Waals surface area contributed by atoms with Gasteiger partial charge in [-0.3, -0.25) is 4.79 Å². The Morgan fingerprint density at radius 1 is 1.38 bits per heavy atom. The van der Waals surface area contributed by atoms with Crippen molar-refractivity contribution in [3.8, 4) is 0 Å². The fraction of sp³-hybridized carbons (Fsp3) is 0.923. The Bertz CT molecular complexity index is 208. The standard InChI is InChI=1S/C13H28N2O/c1-11(10-13(2,3)4)9-12(16)15(5)8-6-7-14/h11H,6-10,14H2,1-5H3. The molecule has 0 aromatic heterocycles. The van der Waals surface area contributed by atoms with Gasteiger partial charge in [0.05, 0.1) is 0 Å². The van der Waals surface area contributed by atoms with Gasteiger partial charge < -0.3 is 10.6 Å². The highest BCUT2D eigenvalue weighted by Gasteiger charge is 2.19. The first-order chi connectivity index (χ1) is 7.26. The van der Waals surface area contributed by atoms with Gasteiger partial charge in [0.15, 0.2) is 0 Å². The van der Waals surface area contributed by atoms with Gasteiger partial charge in [0.2, 0.25) is 5.91 Å². The minimum atomic E-state index is 0.241. The molecule has 0 spiro atoms. The van der Waals surface area contributed by atoms with E-state index in [1.807, 2.05) is 7.05 Å². The first-order valence-electron chi connectivity index (χ1n) is 6.20. The predicted molar refractivity (Wildman–Crippen MR) is 69.2 cm³/mol. The van der Waals surface area contributed by atoms with Crippen LogP contribution >= 0.6 is 0 Å². The second kappa shape index (κ2) is 6.89. The van der Waals surface area contributed by atoms with Crippen molar-refractivity contribution in [1.82, 2.24) is 4.90 Å². The van der Waals surface area contributed by atoms with E-state index in [0.29, 0.717) is 24.3 Å². The van der Waals surface area contributed by atoms with E-state index in [-0.39, 0.29) is 5.91 Å². The molecule has 2 N–H and O–H groups in total. The molecule has 0 bridgehead atoms. The topological polar surface area (TPSA) is 46.3 Å². The van der Waals surface area contributed by atoms with Crippen molar-refractivity contribution in [2.75, 3.05) is 20.1 Å². The highest BCUT2D eigenvalue weighted by Crippen LogP contribution is 2.26. The molecule has 0 radical (unpaired) electrons. The summed E-state index contributed by atoms with van der Waals surface area (Å²) in [7, 11) is 1.86. The summed E-state index contributed by atoms with van der Waals surface area (Å²) in [5, 5.41) is 0. The molecule has 0 aromatic carbocycles. The maximum absolute atomic E-state index is 11.8. The highest BCUT2D eigenvalue weighted by atomic mass is 16.2. The lowest BCUT2D eigenvalue weighted by Gasteiger charge is -2.24. The Hall–Kier alpha value is -0.570. The van der Waals surface area contributed by atoms with Crippen molar-refractivity contribution in [3.63, 3.8) is 0 Å². The van der Waals surface area contributed by atoms with Crippen LogP contribution in [0.4, 0.5) is 0 Å². The van der Waals surface area contributed by atoms with E-state index in [0.717, 1.165) is 19.4 Å². The molecule has 0 aromatic rings. The van der Waals surface area contributed by atoms with Crippen molar-refractivity contribution in [2.24, 2.45) is 17.1 Å². The van der Waals surface area contributed by atoms with Crippen molar-refractivity contribution < 1.29 is 4.79 Å². The summed E-state index contributed by atoms with van der Waals surface area (Å²) in [5.41, 5.74) is 5.72. The summed E-state index contributed by atoms with van der Waals surface area (Å²) in [6.45, 7) is 10.2. The van der Waals surface area contributed by atoms with Gasteiger partial charge in [0.25, 0.3) is 0 Å². The molecule has 0 fully saturated rings. The molecule has 16 heavy (non-hydrogen) atoms. The summed E-state index contributed by atoms with van der Waals surface area (Å²) >= 11 is 0. The van der Waals surface area contributed by atoms with Crippen LogP contribution in [0.2, 0.25) is 0 Å². The molecule has 96 valence electrons. The Labute approximate surface area is 100 Å². The zero-order chi connectivity index (χ0) is 12.8. The predicted octanol–water partition coefficient (Wildman–Crippen LogP) is 2.26. The van der Waals surface area contributed by atoms with Crippen molar-refractivity contribution >= 4 is 5.91 Å². The molecule has 1 amide bonds. The quantitative estimate of drug-likeness (QED) is 0.758. The van der Waals surface area contributed by atoms with E-state index in [2.05, 4.69) is 27.7 Å². The largest absolute Gasteiger partial charge is 0.346 e. The van der Waals surface area contributed by atoms with Gasteiger partial charge >= 0.3 is 0 Å². The molecule has 1 unspecified atom stereocenters. The maximum Gasteiger partial charge on any atom is 0.222 e. The molecule has 0 aliphatic heterocycles. The first-order valence-corrected chi connectivity index (χ1v) is 6.20. The minimum Gasteiger partial charge on any atom is -0.346 e. The Kier molecular flexibility index (Phi) is 6.65. The molecule has 3 nitrogen and oxygen atoms in total. The van der Waals surface area contributed by atoms with Crippen LogP contribution in [0.25, 0.3) is 0 Å². The van der Waals surface area contributed by atoms with Gasteiger partial charge in [-0.2, -0.15) is 0 Å². The van der Waals surface area contributed by atoms with E-state index in [4.69, 9.17) is 5.73 Å². The lowest BCUT2D eigenvalue weighted by molar-refractivity contribution is -0.131. The number of amides is 1. The average Bonchev–Trinajstić information content (AvgIpc) is 2.10. The lowest BCUT2D eigenvalue weighted by Crippen LogP contribution is -2.30. The Morgan fingerprint density at radius 2 is 1.94 bits per heavy atom. The zero-order valence-corrected chi connectivity index (χ0v) is 11.5. The summed E-state index contributed by atoms with van der Waals surface area (Å²) < 4.78 is 0. The number of nitrogens with two attached hydrogens (primary N) is 1. The van der Waals surface area contributed by atoms with Crippen molar-refractivity contribution in [1.29, 1.82) is 0 Å². The SMILES string of the molecule is CC(CC(=O)N(C)CCCN)CC(C)(C)C. The third kappa shape index (κ3) is 7.69. The Balaban J connectivity index is 3.94. The van der Waals surface area contributed by atoms with Crippen LogP contribution in [-0.4, -0.2) is 30.9 Å². The van der Waals surface area contributed by atoms with Crippen molar-refractivity contribution in [2.45, 2.75) is 47.0 Å². The van der Waals surface area contributed by atoms with E-state index >= 15 is 0 Å². The van der Waals surface area contributed by atoms with Crippen LogP contribution < -0.4 is 5.73 Å². The van der Waals surface area contributed by atoms with Gasteiger partial charge in [-0.25, -0.2) is 0 Å². The van der Waals surface area contributed by atoms with Crippen LogP contribution in [0, 0.1) is 11.3 Å². The van der Waals surface area contributed by atoms with Gasteiger partial charge in [-0.15, -0.1) is 0 Å². The van der Waals surface area contributed by atoms with Crippen LogP contribution in [-0.2, 0) is 4.79 Å². The molecule has 0 saturated carbocycles. The molecular weight excluding hydrogens is 200 g/mol. The summed E-state index contributed by atoms with van der Waals surface area (Å²) in [4.78, 5) is 13.6. The molecule has 0 heterocycles. The third-order valence-corrected chi connectivity index (χ3v) is 2.61. The normalized spacial score (nSPS) is 13.6. The van der Waals surface area contributed by atoms with Gasteiger partial charge in [0.1, 0.15) is 0 Å². The minimum absolute atomic E-state index is 0.241. The van der Waals surface area contributed by atoms with E-state index in [1.165, 1.54) is 0 Å². The fourth-order valence-electron chi connectivity index (χ4n) is 2.02. The lowest BCUT2D eigenvalue weighted by atomic mass is 9.84. The van der Waals surface area contributed by atoms with Crippen LogP contribution in [0.5, 0.6) is 0 Å². The maximum atomic E-state index is 11.8. The molecule has 1 atom stereocenters. The first kappa shape index (κ1) is 15.4. The van der Waals surface area contributed by atoms with E-state index < -0.39 is 0 Å². The number of rotatable bonds is 6. The number of carbonyl (C=O) groups is 1. The smallest absolute Gasteiger partial charge is 0.222 e. The van der Waals surface area contributed by atoms with Crippen LogP contribution in [0.1, 0.15) is 47.0 Å². The van der Waals surface area contributed by atoms with Crippen LogP contribution in [0.15, 0.2) is 0 Å². The second-order valence-electron chi connectivity index (χ2n) is 6.03. The van der Waals surface area contributed by atoms with Gasteiger partial charge in [-0.1, -0.05) is 27.7 Å². The molecule has 0 rings (SSSR count). The van der Waals surface area contributed by atoms with Gasteiger partial charge in [0, 0.05) is 20.0 Å². The van der Waals surface area contributed by atoms with E-state index in [1.54, 1.807) is 4.90 Å². The van der Waals surface area contributed by atoms with Crippen molar-refractivity contribution in [3.05, 3.63) is 0 Å². The summed E-state index contributed by atoms with van der Waals surface area (Å²) in [6, 6.07) is 0. The number of carbonyl (C=O) groups excluding carboxylic acids is 1. The molecule has 0 aliphatic carbocycles. The monoisotopic (exact) mass is 228 g/mol. The summed E-state index contributed by atoms with van der Waals surface area (Å²) in [6.07, 6.45) is 2.62. The zero-order valence-electron chi connectivity index (χ0n) is 11.5. The molecular formula is C13H28N2O.